The monoisotopic (exact) mass is 242 g/mol. The first kappa shape index (κ1) is 12.0. The molecule has 3 nitrogen and oxygen atoms in total. The molecule has 90 valence electrons. The number of rotatable bonds is 4. The summed E-state index contributed by atoms with van der Waals surface area (Å²) in [7, 11) is 4.30. The molecular formula is C12H19ClN2O. The lowest BCUT2D eigenvalue weighted by Crippen LogP contribution is -2.30. The SMILES string of the molecule is CN(C)C1CCC(NCc2ccc(Cl)o2)C1. The van der Waals surface area contributed by atoms with E-state index in [1.165, 1.54) is 19.3 Å². The number of hydrogen-bond acceptors (Lipinski definition) is 3. The first-order valence-electron chi connectivity index (χ1n) is 5.79. The van der Waals surface area contributed by atoms with E-state index in [-0.39, 0.29) is 0 Å². The minimum absolute atomic E-state index is 0.467. The first-order valence-corrected chi connectivity index (χ1v) is 6.17. The average Bonchev–Trinajstić information content (AvgIpc) is 2.83. The fourth-order valence-corrected chi connectivity index (χ4v) is 2.47. The van der Waals surface area contributed by atoms with E-state index in [1.54, 1.807) is 6.07 Å². The molecule has 2 unspecified atom stereocenters. The third kappa shape index (κ3) is 3.00. The highest BCUT2D eigenvalue weighted by atomic mass is 35.5. The highest BCUT2D eigenvalue weighted by molar-refractivity contribution is 6.28. The molecule has 1 aliphatic carbocycles. The van der Waals surface area contributed by atoms with Crippen molar-refractivity contribution in [3.8, 4) is 0 Å². The van der Waals surface area contributed by atoms with Crippen molar-refractivity contribution >= 4 is 11.6 Å². The Morgan fingerprint density at radius 1 is 1.44 bits per heavy atom. The van der Waals surface area contributed by atoms with Crippen LogP contribution >= 0.6 is 11.6 Å². The lowest BCUT2D eigenvalue weighted by molar-refractivity contribution is 0.292. The van der Waals surface area contributed by atoms with Gasteiger partial charge in [-0.1, -0.05) is 0 Å². The highest BCUT2D eigenvalue weighted by Gasteiger charge is 2.25. The van der Waals surface area contributed by atoms with E-state index in [0.29, 0.717) is 11.3 Å². The van der Waals surface area contributed by atoms with Gasteiger partial charge in [-0.25, -0.2) is 0 Å². The molecule has 4 heteroatoms. The van der Waals surface area contributed by atoms with Gasteiger partial charge in [-0.05, 0) is 57.1 Å². The first-order chi connectivity index (χ1) is 7.65. The molecule has 0 radical (unpaired) electrons. The Bertz CT molecular complexity index is 338. The van der Waals surface area contributed by atoms with E-state index in [2.05, 4.69) is 24.3 Å². The maximum Gasteiger partial charge on any atom is 0.193 e. The van der Waals surface area contributed by atoms with E-state index >= 15 is 0 Å². The molecule has 0 aromatic carbocycles. The van der Waals surface area contributed by atoms with Gasteiger partial charge >= 0.3 is 0 Å². The van der Waals surface area contributed by atoms with Crippen LogP contribution in [0.15, 0.2) is 16.5 Å². The summed E-state index contributed by atoms with van der Waals surface area (Å²) in [4.78, 5) is 2.31. The lowest BCUT2D eigenvalue weighted by atomic mass is 10.2. The summed E-state index contributed by atoms with van der Waals surface area (Å²) in [6.45, 7) is 0.775. The van der Waals surface area contributed by atoms with Crippen molar-refractivity contribution in [2.45, 2.75) is 37.9 Å². The molecule has 1 saturated carbocycles. The van der Waals surface area contributed by atoms with E-state index < -0.39 is 0 Å². The second-order valence-electron chi connectivity index (χ2n) is 4.71. The zero-order valence-corrected chi connectivity index (χ0v) is 10.6. The Hall–Kier alpha value is -0.510. The Kier molecular flexibility index (Phi) is 3.90. The van der Waals surface area contributed by atoms with Gasteiger partial charge in [0.2, 0.25) is 0 Å². The second-order valence-corrected chi connectivity index (χ2v) is 5.09. The second kappa shape index (κ2) is 5.21. The molecule has 1 aromatic rings. The summed E-state index contributed by atoms with van der Waals surface area (Å²) in [5, 5.41) is 3.98. The standard InChI is InChI=1S/C12H19ClN2O/c1-15(2)10-4-3-9(7-10)14-8-11-5-6-12(13)16-11/h5-6,9-10,14H,3-4,7-8H2,1-2H3. The van der Waals surface area contributed by atoms with Crippen molar-refractivity contribution in [1.82, 2.24) is 10.2 Å². The summed E-state index contributed by atoms with van der Waals surface area (Å²) in [6, 6.07) is 5.04. The van der Waals surface area contributed by atoms with Gasteiger partial charge in [0.25, 0.3) is 0 Å². The molecule has 0 bridgehead atoms. The van der Waals surface area contributed by atoms with Crippen molar-refractivity contribution in [1.29, 1.82) is 0 Å². The molecular weight excluding hydrogens is 224 g/mol. The van der Waals surface area contributed by atoms with E-state index in [9.17, 15) is 0 Å². The van der Waals surface area contributed by atoms with Crippen LogP contribution in [0.1, 0.15) is 25.0 Å². The summed E-state index contributed by atoms with van der Waals surface area (Å²) in [5.74, 6) is 0.915. The van der Waals surface area contributed by atoms with Gasteiger partial charge in [-0.2, -0.15) is 0 Å². The predicted molar refractivity (Wildman–Crippen MR) is 65.7 cm³/mol. The fraction of sp³-hybridized carbons (Fsp3) is 0.667. The molecule has 0 spiro atoms. The smallest absolute Gasteiger partial charge is 0.193 e. The van der Waals surface area contributed by atoms with Crippen molar-refractivity contribution in [2.24, 2.45) is 0 Å². The Balaban J connectivity index is 1.75. The van der Waals surface area contributed by atoms with Crippen LogP contribution in [0.2, 0.25) is 5.22 Å². The summed E-state index contributed by atoms with van der Waals surface area (Å²) >= 11 is 5.72. The third-order valence-electron chi connectivity index (χ3n) is 3.33. The quantitative estimate of drug-likeness (QED) is 0.880. The maximum atomic E-state index is 5.72. The molecule has 0 amide bonds. The van der Waals surface area contributed by atoms with Gasteiger partial charge < -0.3 is 14.6 Å². The van der Waals surface area contributed by atoms with Crippen molar-refractivity contribution in [3.05, 3.63) is 23.1 Å². The highest BCUT2D eigenvalue weighted by Crippen LogP contribution is 2.23. The Labute approximate surface area is 102 Å². The minimum atomic E-state index is 0.467. The zero-order valence-electron chi connectivity index (χ0n) is 9.87. The van der Waals surface area contributed by atoms with Crippen molar-refractivity contribution in [2.75, 3.05) is 14.1 Å². The molecule has 0 saturated heterocycles. The van der Waals surface area contributed by atoms with Crippen molar-refractivity contribution < 1.29 is 4.42 Å². The zero-order chi connectivity index (χ0) is 11.5. The van der Waals surface area contributed by atoms with Crippen LogP contribution in [0.3, 0.4) is 0 Å². The number of hydrogen-bond donors (Lipinski definition) is 1. The van der Waals surface area contributed by atoms with Gasteiger partial charge in [-0.3, -0.25) is 0 Å². The predicted octanol–water partition coefficient (Wildman–Crippen LogP) is 2.51. The minimum Gasteiger partial charge on any atom is -0.448 e. The van der Waals surface area contributed by atoms with Crippen LogP contribution in [-0.4, -0.2) is 31.1 Å². The molecule has 2 atom stereocenters. The van der Waals surface area contributed by atoms with Crippen LogP contribution in [0.5, 0.6) is 0 Å². The molecule has 16 heavy (non-hydrogen) atoms. The molecule has 1 aromatic heterocycles. The molecule has 0 aliphatic heterocycles. The largest absolute Gasteiger partial charge is 0.448 e. The Morgan fingerprint density at radius 2 is 2.25 bits per heavy atom. The van der Waals surface area contributed by atoms with E-state index in [0.717, 1.165) is 18.3 Å². The number of nitrogens with one attached hydrogen (secondary N) is 1. The van der Waals surface area contributed by atoms with Crippen LogP contribution in [-0.2, 0) is 6.54 Å². The molecule has 1 fully saturated rings. The Morgan fingerprint density at radius 3 is 2.81 bits per heavy atom. The average molecular weight is 243 g/mol. The lowest BCUT2D eigenvalue weighted by Gasteiger charge is -2.19. The van der Waals surface area contributed by atoms with Crippen LogP contribution in [0, 0.1) is 0 Å². The fourth-order valence-electron chi connectivity index (χ4n) is 2.30. The number of nitrogens with zero attached hydrogens (tertiary/aromatic N) is 1. The summed E-state index contributed by atoms with van der Waals surface area (Å²) in [6.07, 6.45) is 3.75. The van der Waals surface area contributed by atoms with Gasteiger partial charge in [0.15, 0.2) is 5.22 Å². The van der Waals surface area contributed by atoms with Gasteiger partial charge in [0.1, 0.15) is 5.76 Å². The van der Waals surface area contributed by atoms with E-state index in [1.807, 2.05) is 6.07 Å². The van der Waals surface area contributed by atoms with Crippen LogP contribution in [0.4, 0.5) is 0 Å². The van der Waals surface area contributed by atoms with E-state index in [4.69, 9.17) is 16.0 Å². The summed E-state index contributed by atoms with van der Waals surface area (Å²) in [5.41, 5.74) is 0. The maximum absolute atomic E-state index is 5.72. The third-order valence-corrected chi connectivity index (χ3v) is 3.53. The number of furan rings is 1. The summed E-state index contributed by atoms with van der Waals surface area (Å²) < 4.78 is 5.31. The number of halogens is 1. The van der Waals surface area contributed by atoms with Crippen LogP contribution in [0.25, 0.3) is 0 Å². The van der Waals surface area contributed by atoms with Gasteiger partial charge in [-0.15, -0.1) is 0 Å². The topological polar surface area (TPSA) is 28.4 Å². The van der Waals surface area contributed by atoms with Crippen LogP contribution < -0.4 is 5.32 Å². The molecule has 1 N–H and O–H groups in total. The van der Waals surface area contributed by atoms with Crippen molar-refractivity contribution in [3.63, 3.8) is 0 Å². The molecule has 1 heterocycles. The molecule has 1 aliphatic rings. The van der Waals surface area contributed by atoms with Gasteiger partial charge in [0.05, 0.1) is 6.54 Å². The molecule has 2 rings (SSSR count). The van der Waals surface area contributed by atoms with Gasteiger partial charge in [0, 0.05) is 12.1 Å². The normalized spacial score (nSPS) is 25.5.